The Kier molecular flexibility index (Phi) is 5.98. The number of nitrogens with zero attached hydrogens (tertiary/aromatic N) is 2. The molecule has 1 heterocycles. The van der Waals surface area contributed by atoms with E-state index in [4.69, 9.17) is 4.74 Å². The van der Waals surface area contributed by atoms with Gasteiger partial charge in [-0.3, -0.25) is 14.2 Å². The van der Waals surface area contributed by atoms with Crippen molar-refractivity contribution in [2.24, 2.45) is 0 Å². The van der Waals surface area contributed by atoms with Crippen LogP contribution in [0.2, 0.25) is 0 Å². The number of carbonyl (C=O) groups is 1. The SMILES string of the molecule is CCc1csc(=O)n1CC(=O)N(CC)Cc1ccc(OC)cc1. The lowest BCUT2D eigenvalue weighted by atomic mass is 10.2. The van der Waals surface area contributed by atoms with Crippen molar-refractivity contribution < 1.29 is 9.53 Å². The minimum absolute atomic E-state index is 0.0430. The molecule has 0 radical (unpaired) electrons. The number of hydrogen-bond donors (Lipinski definition) is 0. The van der Waals surface area contributed by atoms with Crippen molar-refractivity contribution in [1.29, 1.82) is 0 Å². The van der Waals surface area contributed by atoms with Gasteiger partial charge in [0.15, 0.2) is 0 Å². The van der Waals surface area contributed by atoms with Gasteiger partial charge < -0.3 is 9.64 Å². The first kappa shape index (κ1) is 17.3. The average Bonchev–Trinajstić information content (AvgIpc) is 2.93. The fraction of sp³-hybridized carbons (Fsp3) is 0.412. The smallest absolute Gasteiger partial charge is 0.307 e. The van der Waals surface area contributed by atoms with Crippen LogP contribution < -0.4 is 9.61 Å². The van der Waals surface area contributed by atoms with Crippen LogP contribution in [0.3, 0.4) is 0 Å². The molecule has 0 bridgehead atoms. The van der Waals surface area contributed by atoms with Crippen molar-refractivity contribution in [2.45, 2.75) is 33.4 Å². The molecule has 0 aliphatic rings. The summed E-state index contributed by atoms with van der Waals surface area (Å²) in [6.07, 6.45) is 0.747. The maximum Gasteiger partial charge on any atom is 0.307 e. The third kappa shape index (κ3) is 4.22. The molecule has 0 atom stereocenters. The van der Waals surface area contributed by atoms with Gasteiger partial charge in [-0.2, -0.15) is 0 Å². The van der Waals surface area contributed by atoms with E-state index < -0.39 is 0 Å². The second kappa shape index (κ2) is 7.97. The Bertz CT molecular complexity index is 703. The molecule has 0 aliphatic carbocycles. The van der Waals surface area contributed by atoms with E-state index in [0.717, 1.165) is 34.8 Å². The largest absolute Gasteiger partial charge is 0.497 e. The zero-order chi connectivity index (χ0) is 16.8. The Morgan fingerprint density at radius 1 is 1.26 bits per heavy atom. The number of aromatic nitrogens is 1. The average molecular weight is 334 g/mol. The number of likely N-dealkylation sites (N-methyl/N-ethyl adjacent to an activating group) is 1. The topological polar surface area (TPSA) is 51.5 Å². The monoisotopic (exact) mass is 334 g/mol. The molecule has 2 rings (SSSR count). The summed E-state index contributed by atoms with van der Waals surface area (Å²) in [6.45, 7) is 5.16. The van der Waals surface area contributed by atoms with E-state index in [0.29, 0.717) is 13.1 Å². The molecule has 124 valence electrons. The van der Waals surface area contributed by atoms with Gasteiger partial charge in [-0.25, -0.2) is 0 Å². The number of thiazole rings is 1. The maximum atomic E-state index is 12.5. The van der Waals surface area contributed by atoms with Crippen molar-refractivity contribution in [3.05, 3.63) is 50.6 Å². The number of rotatable bonds is 7. The van der Waals surface area contributed by atoms with E-state index in [1.807, 2.05) is 43.5 Å². The summed E-state index contributed by atoms with van der Waals surface area (Å²) in [4.78, 5) is 26.1. The minimum atomic E-state index is -0.0734. The second-order valence-electron chi connectivity index (χ2n) is 5.19. The van der Waals surface area contributed by atoms with Gasteiger partial charge in [0, 0.05) is 24.2 Å². The van der Waals surface area contributed by atoms with Gasteiger partial charge in [-0.05, 0) is 31.0 Å². The highest BCUT2D eigenvalue weighted by Gasteiger charge is 2.16. The summed E-state index contributed by atoms with van der Waals surface area (Å²) < 4.78 is 6.71. The van der Waals surface area contributed by atoms with Crippen LogP contribution in [-0.2, 0) is 24.3 Å². The number of amides is 1. The quantitative estimate of drug-likeness (QED) is 0.782. The third-order valence-corrected chi connectivity index (χ3v) is 4.60. The molecule has 0 spiro atoms. The van der Waals surface area contributed by atoms with Gasteiger partial charge in [-0.15, -0.1) is 0 Å². The van der Waals surface area contributed by atoms with E-state index in [1.54, 1.807) is 16.6 Å². The van der Waals surface area contributed by atoms with Gasteiger partial charge in [0.1, 0.15) is 12.3 Å². The number of aryl methyl sites for hydroxylation is 1. The van der Waals surface area contributed by atoms with Gasteiger partial charge in [0.25, 0.3) is 0 Å². The lowest BCUT2D eigenvalue weighted by Gasteiger charge is -2.21. The predicted octanol–water partition coefficient (Wildman–Crippen LogP) is 2.53. The van der Waals surface area contributed by atoms with Gasteiger partial charge >= 0.3 is 4.87 Å². The van der Waals surface area contributed by atoms with E-state index >= 15 is 0 Å². The van der Waals surface area contributed by atoms with E-state index in [-0.39, 0.29) is 17.3 Å². The maximum absolute atomic E-state index is 12.5. The van der Waals surface area contributed by atoms with Gasteiger partial charge in [-0.1, -0.05) is 30.4 Å². The zero-order valence-electron chi connectivity index (χ0n) is 13.7. The van der Waals surface area contributed by atoms with E-state index in [2.05, 4.69) is 0 Å². The molecule has 2 aromatic rings. The summed E-state index contributed by atoms with van der Waals surface area (Å²) in [7, 11) is 1.63. The number of ether oxygens (including phenoxy) is 1. The Balaban J connectivity index is 2.08. The summed E-state index contributed by atoms with van der Waals surface area (Å²) in [6, 6.07) is 7.66. The zero-order valence-corrected chi connectivity index (χ0v) is 14.6. The van der Waals surface area contributed by atoms with Crippen LogP contribution in [0.15, 0.2) is 34.4 Å². The molecule has 1 amide bonds. The van der Waals surface area contributed by atoms with Crippen molar-refractivity contribution >= 4 is 17.2 Å². The molecule has 23 heavy (non-hydrogen) atoms. The van der Waals surface area contributed by atoms with Crippen molar-refractivity contribution in [3.8, 4) is 5.75 Å². The lowest BCUT2D eigenvalue weighted by molar-refractivity contribution is -0.132. The molecular weight excluding hydrogens is 312 g/mol. The Morgan fingerprint density at radius 3 is 2.52 bits per heavy atom. The standard InChI is InChI=1S/C17H22N2O3S/c1-4-14-12-23-17(21)19(14)11-16(20)18(5-2)10-13-6-8-15(22-3)9-7-13/h6-9,12H,4-5,10-11H2,1-3H3. The highest BCUT2D eigenvalue weighted by Crippen LogP contribution is 2.13. The first-order valence-electron chi connectivity index (χ1n) is 7.66. The number of benzene rings is 1. The Labute approximate surface area is 140 Å². The Morgan fingerprint density at radius 2 is 1.96 bits per heavy atom. The van der Waals surface area contributed by atoms with Crippen LogP contribution in [0.4, 0.5) is 0 Å². The molecule has 5 nitrogen and oxygen atoms in total. The summed E-state index contributed by atoms with van der Waals surface area (Å²) in [5.74, 6) is 0.749. The predicted molar refractivity (Wildman–Crippen MR) is 92.0 cm³/mol. The highest BCUT2D eigenvalue weighted by molar-refractivity contribution is 7.07. The fourth-order valence-electron chi connectivity index (χ4n) is 2.37. The normalized spacial score (nSPS) is 10.6. The number of hydrogen-bond acceptors (Lipinski definition) is 4. The van der Waals surface area contributed by atoms with E-state index in [1.165, 1.54) is 0 Å². The van der Waals surface area contributed by atoms with Crippen molar-refractivity contribution in [3.63, 3.8) is 0 Å². The molecule has 0 saturated heterocycles. The lowest BCUT2D eigenvalue weighted by Crippen LogP contribution is -2.35. The number of methoxy groups -OCH3 is 1. The van der Waals surface area contributed by atoms with Crippen LogP contribution in [-0.4, -0.2) is 29.0 Å². The van der Waals surface area contributed by atoms with Crippen LogP contribution >= 0.6 is 11.3 Å². The van der Waals surface area contributed by atoms with Crippen molar-refractivity contribution in [2.75, 3.05) is 13.7 Å². The van der Waals surface area contributed by atoms with Gasteiger partial charge in [0.2, 0.25) is 5.91 Å². The third-order valence-electron chi connectivity index (χ3n) is 3.79. The van der Waals surface area contributed by atoms with Crippen molar-refractivity contribution in [1.82, 2.24) is 9.47 Å². The molecular formula is C17H22N2O3S. The fourth-order valence-corrected chi connectivity index (χ4v) is 3.21. The Hall–Kier alpha value is -2.08. The van der Waals surface area contributed by atoms with Gasteiger partial charge in [0.05, 0.1) is 7.11 Å². The minimum Gasteiger partial charge on any atom is -0.497 e. The highest BCUT2D eigenvalue weighted by atomic mass is 32.1. The molecule has 6 heteroatoms. The van der Waals surface area contributed by atoms with Crippen LogP contribution in [0.25, 0.3) is 0 Å². The van der Waals surface area contributed by atoms with E-state index in [9.17, 15) is 9.59 Å². The van der Waals surface area contributed by atoms with Crippen LogP contribution in [0, 0.1) is 0 Å². The summed E-state index contributed by atoms with van der Waals surface area (Å²) in [5, 5.41) is 1.83. The van der Waals surface area contributed by atoms with Crippen LogP contribution in [0.1, 0.15) is 25.1 Å². The van der Waals surface area contributed by atoms with Crippen LogP contribution in [0.5, 0.6) is 5.75 Å². The molecule has 1 aromatic carbocycles. The first-order valence-corrected chi connectivity index (χ1v) is 8.54. The molecule has 0 saturated carbocycles. The molecule has 0 unspecified atom stereocenters. The summed E-state index contributed by atoms with van der Waals surface area (Å²) >= 11 is 1.15. The molecule has 0 fully saturated rings. The summed E-state index contributed by atoms with van der Waals surface area (Å²) in [5.41, 5.74) is 1.95. The second-order valence-corrected chi connectivity index (χ2v) is 6.01. The molecule has 0 N–H and O–H groups in total. The first-order chi connectivity index (χ1) is 11.1. The number of carbonyl (C=O) groups excluding carboxylic acids is 1. The molecule has 0 aliphatic heterocycles. The molecule has 1 aromatic heterocycles.